The lowest BCUT2D eigenvalue weighted by molar-refractivity contribution is 0.631. The molecule has 0 fully saturated rings. The maximum Gasteiger partial charge on any atom is 0.182 e. The summed E-state index contributed by atoms with van der Waals surface area (Å²) in [4.78, 5) is 0. The Morgan fingerprint density at radius 3 is 3.17 bits per heavy atom. The summed E-state index contributed by atoms with van der Waals surface area (Å²) < 4.78 is 1.78. The highest BCUT2D eigenvalue weighted by Crippen LogP contribution is 2.18. The Balaban J connectivity index is 2.46. The SMILES string of the molecule is CCn1nnnc1-c1ccsc1. The van der Waals surface area contributed by atoms with Gasteiger partial charge < -0.3 is 0 Å². The van der Waals surface area contributed by atoms with Crippen molar-refractivity contribution < 1.29 is 0 Å². The molecule has 0 saturated heterocycles. The van der Waals surface area contributed by atoms with Gasteiger partial charge in [-0.1, -0.05) is 0 Å². The van der Waals surface area contributed by atoms with Crippen molar-refractivity contribution in [2.75, 3.05) is 0 Å². The van der Waals surface area contributed by atoms with E-state index in [9.17, 15) is 0 Å². The summed E-state index contributed by atoms with van der Waals surface area (Å²) in [5, 5.41) is 15.5. The number of tetrazole rings is 1. The van der Waals surface area contributed by atoms with E-state index < -0.39 is 0 Å². The van der Waals surface area contributed by atoms with Crippen molar-refractivity contribution >= 4 is 11.3 Å². The van der Waals surface area contributed by atoms with Gasteiger partial charge >= 0.3 is 0 Å². The summed E-state index contributed by atoms with van der Waals surface area (Å²) in [6.07, 6.45) is 0. The molecule has 0 aliphatic rings. The highest BCUT2D eigenvalue weighted by atomic mass is 32.1. The quantitative estimate of drug-likeness (QED) is 0.702. The summed E-state index contributed by atoms with van der Waals surface area (Å²) >= 11 is 1.65. The summed E-state index contributed by atoms with van der Waals surface area (Å²) in [6.45, 7) is 2.82. The minimum absolute atomic E-state index is 0.804. The van der Waals surface area contributed by atoms with Crippen LogP contribution in [0.2, 0.25) is 0 Å². The first-order valence-electron chi connectivity index (χ1n) is 3.70. The Morgan fingerprint density at radius 2 is 2.50 bits per heavy atom. The van der Waals surface area contributed by atoms with Crippen molar-refractivity contribution in [3.63, 3.8) is 0 Å². The van der Waals surface area contributed by atoms with Gasteiger partial charge in [-0.05, 0) is 28.8 Å². The molecular weight excluding hydrogens is 172 g/mol. The molecule has 0 aliphatic carbocycles. The van der Waals surface area contributed by atoms with Gasteiger partial charge in [-0.25, -0.2) is 4.68 Å². The summed E-state index contributed by atoms with van der Waals surface area (Å²) in [5.74, 6) is 0.846. The van der Waals surface area contributed by atoms with Crippen LogP contribution < -0.4 is 0 Å². The van der Waals surface area contributed by atoms with Gasteiger partial charge in [-0.3, -0.25) is 0 Å². The second kappa shape index (κ2) is 3.02. The molecule has 4 nitrogen and oxygen atoms in total. The average molecular weight is 180 g/mol. The molecular formula is C7H8N4S. The van der Waals surface area contributed by atoms with E-state index >= 15 is 0 Å². The third-order valence-electron chi connectivity index (χ3n) is 1.61. The van der Waals surface area contributed by atoms with E-state index in [1.807, 2.05) is 23.8 Å². The molecule has 2 rings (SSSR count). The van der Waals surface area contributed by atoms with Gasteiger partial charge in [0.25, 0.3) is 0 Å². The number of nitrogens with zero attached hydrogens (tertiary/aromatic N) is 4. The van der Waals surface area contributed by atoms with Crippen LogP contribution in [0.15, 0.2) is 16.8 Å². The first-order valence-corrected chi connectivity index (χ1v) is 4.65. The van der Waals surface area contributed by atoms with E-state index in [0.717, 1.165) is 17.9 Å². The molecule has 0 spiro atoms. The Kier molecular flexibility index (Phi) is 1.87. The number of aryl methyl sites for hydroxylation is 1. The monoisotopic (exact) mass is 180 g/mol. The zero-order valence-electron chi connectivity index (χ0n) is 6.64. The van der Waals surface area contributed by atoms with Crippen LogP contribution >= 0.6 is 11.3 Å². The van der Waals surface area contributed by atoms with Crippen molar-refractivity contribution in [3.8, 4) is 11.4 Å². The standard InChI is InChI=1S/C7H8N4S/c1-2-11-7(8-9-10-11)6-3-4-12-5-6/h3-5H,2H2,1H3. The number of hydrogen-bond acceptors (Lipinski definition) is 4. The second-order valence-electron chi connectivity index (χ2n) is 2.33. The Labute approximate surface area is 73.8 Å². The largest absolute Gasteiger partial charge is 0.226 e. The van der Waals surface area contributed by atoms with Crippen LogP contribution in [0.5, 0.6) is 0 Å². The normalized spacial score (nSPS) is 10.4. The lowest BCUT2D eigenvalue weighted by Gasteiger charge is -1.96. The molecule has 5 heteroatoms. The predicted octanol–water partition coefficient (Wildman–Crippen LogP) is 1.42. The summed E-state index contributed by atoms with van der Waals surface area (Å²) in [7, 11) is 0. The van der Waals surface area contributed by atoms with E-state index in [0.29, 0.717) is 0 Å². The molecule has 2 aromatic heterocycles. The molecule has 0 aromatic carbocycles. The van der Waals surface area contributed by atoms with Crippen molar-refractivity contribution in [3.05, 3.63) is 16.8 Å². The topological polar surface area (TPSA) is 43.6 Å². The minimum Gasteiger partial charge on any atom is -0.226 e. The van der Waals surface area contributed by atoms with Crippen molar-refractivity contribution in [1.29, 1.82) is 0 Å². The lowest BCUT2D eigenvalue weighted by Crippen LogP contribution is -1.98. The molecule has 0 aliphatic heterocycles. The zero-order chi connectivity index (χ0) is 8.39. The van der Waals surface area contributed by atoms with Gasteiger partial charge in [-0.15, -0.1) is 5.10 Å². The van der Waals surface area contributed by atoms with Gasteiger partial charge in [-0.2, -0.15) is 11.3 Å². The number of aromatic nitrogens is 4. The van der Waals surface area contributed by atoms with Crippen LogP contribution in [0, 0.1) is 0 Å². The van der Waals surface area contributed by atoms with Crippen LogP contribution in [0.25, 0.3) is 11.4 Å². The van der Waals surface area contributed by atoms with Crippen LogP contribution in [0.3, 0.4) is 0 Å². The van der Waals surface area contributed by atoms with Crippen LogP contribution in [0.4, 0.5) is 0 Å². The number of thiophene rings is 1. The fourth-order valence-electron chi connectivity index (χ4n) is 1.02. The zero-order valence-corrected chi connectivity index (χ0v) is 7.45. The molecule has 12 heavy (non-hydrogen) atoms. The molecule has 0 N–H and O–H groups in total. The Hall–Kier alpha value is -1.23. The molecule has 2 aromatic rings. The van der Waals surface area contributed by atoms with Gasteiger partial charge in [0.2, 0.25) is 0 Å². The Bertz CT molecular complexity index is 351. The van der Waals surface area contributed by atoms with Crippen molar-refractivity contribution in [2.24, 2.45) is 0 Å². The first-order chi connectivity index (χ1) is 5.92. The first kappa shape index (κ1) is 7.42. The van der Waals surface area contributed by atoms with E-state index in [4.69, 9.17) is 0 Å². The van der Waals surface area contributed by atoms with Crippen LogP contribution in [0.1, 0.15) is 6.92 Å². The molecule has 0 amide bonds. The average Bonchev–Trinajstić information content (AvgIpc) is 2.74. The van der Waals surface area contributed by atoms with E-state index in [1.165, 1.54) is 0 Å². The maximum atomic E-state index is 3.94. The molecule has 0 atom stereocenters. The lowest BCUT2D eigenvalue weighted by atomic mass is 10.3. The van der Waals surface area contributed by atoms with Gasteiger partial charge in [0.15, 0.2) is 5.82 Å². The van der Waals surface area contributed by atoms with Crippen molar-refractivity contribution in [2.45, 2.75) is 13.5 Å². The molecule has 0 radical (unpaired) electrons. The van der Waals surface area contributed by atoms with Crippen LogP contribution in [-0.4, -0.2) is 20.2 Å². The Morgan fingerprint density at radius 1 is 1.58 bits per heavy atom. The summed E-state index contributed by atoms with van der Waals surface area (Å²) in [5.41, 5.74) is 1.09. The van der Waals surface area contributed by atoms with Gasteiger partial charge in [0.1, 0.15) is 0 Å². The summed E-state index contributed by atoms with van der Waals surface area (Å²) in [6, 6.07) is 2.02. The van der Waals surface area contributed by atoms with E-state index in [-0.39, 0.29) is 0 Å². The van der Waals surface area contributed by atoms with Gasteiger partial charge in [0.05, 0.1) is 0 Å². The molecule has 0 bridgehead atoms. The van der Waals surface area contributed by atoms with E-state index in [2.05, 4.69) is 15.5 Å². The highest BCUT2D eigenvalue weighted by Gasteiger charge is 2.06. The second-order valence-corrected chi connectivity index (χ2v) is 3.11. The molecule has 0 unspecified atom stereocenters. The van der Waals surface area contributed by atoms with Crippen LogP contribution in [-0.2, 0) is 6.54 Å². The number of hydrogen-bond donors (Lipinski definition) is 0. The smallest absolute Gasteiger partial charge is 0.182 e. The highest BCUT2D eigenvalue weighted by molar-refractivity contribution is 7.08. The number of rotatable bonds is 2. The fraction of sp³-hybridized carbons (Fsp3) is 0.286. The minimum atomic E-state index is 0.804. The fourth-order valence-corrected chi connectivity index (χ4v) is 1.65. The third kappa shape index (κ3) is 1.12. The van der Waals surface area contributed by atoms with Gasteiger partial charge in [0, 0.05) is 17.5 Å². The molecule has 2 heterocycles. The predicted molar refractivity (Wildman–Crippen MR) is 46.8 cm³/mol. The van der Waals surface area contributed by atoms with E-state index in [1.54, 1.807) is 16.0 Å². The third-order valence-corrected chi connectivity index (χ3v) is 2.29. The maximum absolute atomic E-state index is 3.94. The molecule has 0 saturated carbocycles. The van der Waals surface area contributed by atoms with Crippen molar-refractivity contribution in [1.82, 2.24) is 20.2 Å². The molecule has 62 valence electrons.